The molecule has 0 spiro atoms. The molecular formula is C11H23N3O. The summed E-state index contributed by atoms with van der Waals surface area (Å²) in [4.78, 5) is 13.7. The molecule has 0 bridgehead atoms. The summed E-state index contributed by atoms with van der Waals surface area (Å²) in [5.41, 5.74) is 5.52. The molecule has 0 aromatic heterocycles. The first kappa shape index (κ1) is 12.5. The van der Waals surface area contributed by atoms with E-state index in [1.807, 2.05) is 0 Å². The predicted molar refractivity (Wildman–Crippen MR) is 61.5 cm³/mol. The van der Waals surface area contributed by atoms with Crippen LogP contribution >= 0.6 is 0 Å². The lowest BCUT2D eigenvalue weighted by Gasteiger charge is -2.38. The quantitative estimate of drug-likeness (QED) is 0.662. The third-order valence-corrected chi connectivity index (χ3v) is 2.86. The monoisotopic (exact) mass is 213 g/mol. The molecule has 1 amide bonds. The molecule has 0 aliphatic carbocycles. The SMILES string of the molecule is CCCC(C)NC(=O)CN1CC(CN)C1. The van der Waals surface area contributed by atoms with Gasteiger partial charge >= 0.3 is 0 Å². The lowest BCUT2D eigenvalue weighted by atomic mass is 10.0. The van der Waals surface area contributed by atoms with Gasteiger partial charge in [-0.3, -0.25) is 9.69 Å². The van der Waals surface area contributed by atoms with Gasteiger partial charge in [-0.2, -0.15) is 0 Å². The summed E-state index contributed by atoms with van der Waals surface area (Å²) in [5, 5.41) is 3.00. The predicted octanol–water partition coefficient (Wildman–Crippen LogP) is 0.182. The fraction of sp³-hybridized carbons (Fsp3) is 0.909. The first-order valence-electron chi connectivity index (χ1n) is 5.87. The van der Waals surface area contributed by atoms with E-state index in [0.29, 0.717) is 18.5 Å². The van der Waals surface area contributed by atoms with Crippen LogP contribution in [0.2, 0.25) is 0 Å². The summed E-state index contributed by atoms with van der Waals surface area (Å²) < 4.78 is 0. The topological polar surface area (TPSA) is 58.4 Å². The van der Waals surface area contributed by atoms with Gasteiger partial charge in [0.2, 0.25) is 5.91 Å². The Morgan fingerprint density at radius 2 is 2.27 bits per heavy atom. The number of rotatable bonds is 6. The molecule has 3 N–H and O–H groups in total. The first-order chi connectivity index (χ1) is 7.15. The molecule has 1 unspecified atom stereocenters. The maximum Gasteiger partial charge on any atom is 0.234 e. The van der Waals surface area contributed by atoms with E-state index in [1.165, 1.54) is 0 Å². The molecule has 1 heterocycles. The number of likely N-dealkylation sites (tertiary alicyclic amines) is 1. The van der Waals surface area contributed by atoms with Crippen molar-refractivity contribution in [1.29, 1.82) is 0 Å². The minimum absolute atomic E-state index is 0.145. The number of hydrogen-bond acceptors (Lipinski definition) is 3. The molecular weight excluding hydrogens is 190 g/mol. The van der Waals surface area contributed by atoms with Gasteiger partial charge in [-0.05, 0) is 25.8 Å². The third kappa shape index (κ3) is 4.18. The Kier molecular flexibility index (Phi) is 5.05. The van der Waals surface area contributed by atoms with Crippen LogP contribution in [-0.2, 0) is 4.79 Å². The van der Waals surface area contributed by atoms with Crippen LogP contribution < -0.4 is 11.1 Å². The molecule has 1 aliphatic heterocycles. The largest absolute Gasteiger partial charge is 0.353 e. The van der Waals surface area contributed by atoms with Gasteiger partial charge in [0.1, 0.15) is 0 Å². The fourth-order valence-corrected chi connectivity index (χ4v) is 1.98. The second-order valence-electron chi connectivity index (χ2n) is 4.55. The highest BCUT2D eigenvalue weighted by atomic mass is 16.2. The van der Waals surface area contributed by atoms with Crippen LogP contribution in [0.3, 0.4) is 0 Å². The summed E-state index contributed by atoms with van der Waals surface area (Å²) in [5.74, 6) is 0.747. The minimum atomic E-state index is 0.145. The number of carbonyl (C=O) groups excluding carboxylic acids is 1. The molecule has 4 nitrogen and oxygen atoms in total. The first-order valence-corrected chi connectivity index (χ1v) is 5.87. The van der Waals surface area contributed by atoms with Gasteiger partial charge in [-0.1, -0.05) is 13.3 Å². The second kappa shape index (κ2) is 6.08. The molecule has 1 fully saturated rings. The molecule has 1 rings (SSSR count). The Morgan fingerprint density at radius 3 is 2.80 bits per heavy atom. The average Bonchev–Trinajstić information content (AvgIpc) is 2.10. The van der Waals surface area contributed by atoms with Crippen LogP contribution in [0.25, 0.3) is 0 Å². The Bertz CT molecular complexity index is 202. The summed E-state index contributed by atoms with van der Waals surface area (Å²) in [6, 6.07) is 0.300. The zero-order valence-electron chi connectivity index (χ0n) is 9.83. The van der Waals surface area contributed by atoms with E-state index in [4.69, 9.17) is 5.73 Å². The van der Waals surface area contributed by atoms with Gasteiger partial charge in [0.05, 0.1) is 6.54 Å². The molecule has 88 valence electrons. The number of amides is 1. The van der Waals surface area contributed by atoms with Crippen LogP contribution in [0.5, 0.6) is 0 Å². The molecule has 0 aromatic rings. The number of nitrogens with two attached hydrogens (primary N) is 1. The van der Waals surface area contributed by atoms with Crippen molar-refractivity contribution in [2.24, 2.45) is 11.7 Å². The van der Waals surface area contributed by atoms with Crippen LogP contribution in [0, 0.1) is 5.92 Å². The smallest absolute Gasteiger partial charge is 0.234 e. The Morgan fingerprint density at radius 1 is 1.60 bits per heavy atom. The van der Waals surface area contributed by atoms with Crippen molar-refractivity contribution in [2.45, 2.75) is 32.7 Å². The van der Waals surface area contributed by atoms with Crippen LogP contribution in [0.1, 0.15) is 26.7 Å². The lowest BCUT2D eigenvalue weighted by molar-refractivity contribution is -0.124. The van der Waals surface area contributed by atoms with Gasteiger partial charge < -0.3 is 11.1 Å². The zero-order chi connectivity index (χ0) is 11.3. The minimum Gasteiger partial charge on any atom is -0.353 e. The maximum atomic E-state index is 11.5. The van der Waals surface area contributed by atoms with Crippen LogP contribution in [0.4, 0.5) is 0 Å². The highest BCUT2D eigenvalue weighted by Crippen LogP contribution is 2.12. The molecule has 1 atom stereocenters. The summed E-state index contributed by atoms with van der Waals surface area (Å²) in [6.45, 7) is 7.41. The Hall–Kier alpha value is -0.610. The number of nitrogens with one attached hydrogen (secondary N) is 1. The van der Waals surface area contributed by atoms with Crippen LogP contribution in [-0.4, -0.2) is 43.0 Å². The van der Waals surface area contributed by atoms with Gasteiger partial charge in [0.15, 0.2) is 0 Å². The van der Waals surface area contributed by atoms with Gasteiger partial charge in [-0.15, -0.1) is 0 Å². The molecule has 4 heteroatoms. The van der Waals surface area contributed by atoms with E-state index in [2.05, 4.69) is 24.1 Å². The van der Waals surface area contributed by atoms with Crippen molar-refractivity contribution in [2.75, 3.05) is 26.2 Å². The number of nitrogens with zero attached hydrogens (tertiary/aromatic N) is 1. The molecule has 0 saturated carbocycles. The van der Waals surface area contributed by atoms with Crippen molar-refractivity contribution in [3.05, 3.63) is 0 Å². The van der Waals surface area contributed by atoms with Crippen molar-refractivity contribution in [3.63, 3.8) is 0 Å². The van der Waals surface area contributed by atoms with E-state index >= 15 is 0 Å². The zero-order valence-corrected chi connectivity index (χ0v) is 9.83. The highest BCUT2D eigenvalue weighted by Gasteiger charge is 2.26. The molecule has 0 aromatic carbocycles. The molecule has 1 saturated heterocycles. The van der Waals surface area contributed by atoms with Gasteiger partial charge in [-0.25, -0.2) is 0 Å². The standard InChI is InChI=1S/C11H23N3O/c1-3-4-9(2)13-11(15)8-14-6-10(5-12)7-14/h9-10H,3-8,12H2,1-2H3,(H,13,15). The van der Waals surface area contributed by atoms with Crippen molar-refractivity contribution < 1.29 is 4.79 Å². The fourth-order valence-electron chi connectivity index (χ4n) is 1.98. The van der Waals surface area contributed by atoms with Crippen molar-refractivity contribution in [3.8, 4) is 0 Å². The highest BCUT2D eigenvalue weighted by molar-refractivity contribution is 5.78. The summed E-state index contributed by atoms with van der Waals surface area (Å²) in [7, 11) is 0. The lowest BCUT2D eigenvalue weighted by Crippen LogP contribution is -2.53. The molecule has 15 heavy (non-hydrogen) atoms. The van der Waals surface area contributed by atoms with Gasteiger partial charge in [0, 0.05) is 19.1 Å². The number of hydrogen-bond donors (Lipinski definition) is 2. The summed E-state index contributed by atoms with van der Waals surface area (Å²) >= 11 is 0. The van der Waals surface area contributed by atoms with E-state index in [0.717, 1.165) is 32.5 Å². The average molecular weight is 213 g/mol. The van der Waals surface area contributed by atoms with Crippen molar-refractivity contribution >= 4 is 5.91 Å². The Labute approximate surface area is 92.2 Å². The molecule has 0 radical (unpaired) electrons. The van der Waals surface area contributed by atoms with E-state index < -0.39 is 0 Å². The normalized spacial score (nSPS) is 19.7. The maximum absolute atomic E-state index is 11.5. The van der Waals surface area contributed by atoms with Crippen LogP contribution in [0.15, 0.2) is 0 Å². The number of carbonyl (C=O) groups is 1. The van der Waals surface area contributed by atoms with E-state index in [-0.39, 0.29) is 5.91 Å². The Balaban J connectivity index is 2.09. The summed E-state index contributed by atoms with van der Waals surface area (Å²) in [6.07, 6.45) is 2.16. The second-order valence-corrected chi connectivity index (χ2v) is 4.55. The van der Waals surface area contributed by atoms with Crippen molar-refractivity contribution in [1.82, 2.24) is 10.2 Å². The molecule has 1 aliphatic rings. The third-order valence-electron chi connectivity index (χ3n) is 2.86. The van der Waals surface area contributed by atoms with E-state index in [9.17, 15) is 4.79 Å². The van der Waals surface area contributed by atoms with E-state index in [1.54, 1.807) is 0 Å². The van der Waals surface area contributed by atoms with Gasteiger partial charge in [0.25, 0.3) is 0 Å².